The van der Waals surface area contributed by atoms with Crippen LogP contribution in [0.15, 0.2) is 83.8 Å². The van der Waals surface area contributed by atoms with Crippen molar-refractivity contribution in [3.05, 3.63) is 84.4 Å². The third-order valence-corrected chi connectivity index (χ3v) is 6.40. The molecule has 0 heterocycles. The minimum atomic E-state index is -3.68. The van der Waals surface area contributed by atoms with Crippen molar-refractivity contribution in [3.8, 4) is 11.1 Å². The summed E-state index contributed by atoms with van der Waals surface area (Å²) in [6.45, 7) is 5.42. The summed E-state index contributed by atoms with van der Waals surface area (Å²) in [6.07, 6.45) is 1.07. The molecule has 0 spiro atoms. The Morgan fingerprint density at radius 3 is 2.10 bits per heavy atom. The molecule has 0 saturated heterocycles. The molecule has 0 aliphatic carbocycles. The van der Waals surface area contributed by atoms with Gasteiger partial charge in [-0.2, -0.15) is 0 Å². The van der Waals surface area contributed by atoms with Crippen molar-refractivity contribution in [2.45, 2.75) is 44.0 Å². The van der Waals surface area contributed by atoms with Crippen molar-refractivity contribution in [1.29, 1.82) is 0 Å². The van der Waals surface area contributed by atoms with Crippen LogP contribution in [0.4, 0.5) is 5.69 Å². The van der Waals surface area contributed by atoms with Crippen molar-refractivity contribution in [1.82, 2.24) is 4.72 Å². The predicted molar refractivity (Wildman–Crippen MR) is 125 cm³/mol. The molecule has 3 aromatic carbocycles. The molecular formula is C25H28N2O3S. The molecule has 6 heteroatoms. The average Bonchev–Trinajstić information content (AvgIpc) is 2.72. The number of amides is 1. The summed E-state index contributed by atoms with van der Waals surface area (Å²) in [6, 6.07) is 24.0. The van der Waals surface area contributed by atoms with E-state index in [4.69, 9.17) is 0 Å². The Labute approximate surface area is 184 Å². The minimum absolute atomic E-state index is 0.0611. The predicted octanol–water partition coefficient (Wildman–Crippen LogP) is 5.00. The molecule has 0 aliphatic rings. The van der Waals surface area contributed by atoms with Gasteiger partial charge in [-0.15, -0.1) is 0 Å². The van der Waals surface area contributed by atoms with E-state index in [1.54, 1.807) is 30.3 Å². The van der Waals surface area contributed by atoms with Gasteiger partial charge >= 0.3 is 0 Å². The van der Waals surface area contributed by atoms with Crippen molar-refractivity contribution < 1.29 is 13.2 Å². The van der Waals surface area contributed by atoms with E-state index in [9.17, 15) is 13.2 Å². The number of aryl methyl sites for hydroxylation is 1. The molecule has 0 bridgehead atoms. The van der Waals surface area contributed by atoms with Crippen LogP contribution in [0.1, 0.15) is 32.8 Å². The second kappa shape index (κ2) is 9.45. The second-order valence-electron chi connectivity index (χ2n) is 8.46. The van der Waals surface area contributed by atoms with E-state index in [0.29, 0.717) is 24.1 Å². The SMILES string of the molecule is CC(C)(C)NS(=O)(=O)c1ccccc1-c1ccc(NC(=O)CCc2ccccc2)cc1. The van der Waals surface area contributed by atoms with Crippen LogP contribution >= 0.6 is 0 Å². The topological polar surface area (TPSA) is 75.3 Å². The molecule has 0 radical (unpaired) electrons. The molecule has 0 aromatic heterocycles. The monoisotopic (exact) mass is 436 g/mol. The normalized spacial score (nSPS) is 11.8. The molecule has 2 N–H and O–H groups in total. The Balaban J connectivity index is 1.73. The van der Waals surface area contributed by atoms with Gasteiger partial charge in [0, 0.05) is 23.2 Å². The van der Waals surface area contributed by atoms with Crippen LogP contribution in [0, 0.1) is 0 Å². The number of hydrogen-bond acceptors (Lipinski definition) is 3. The number of hydrogen-bond donors (Lipinski definition) is 2. The Hall–Kier alpha value is -2.96. The van der Waals surface area contributed by atoms with Crippen LogP contribution < -0.4 is 10.0 Å². The van der Waals surface area contributed by atoms with Crippen LogP contribution in [0.2, 0.25) is 0 Å². The molecule has 0 aliphatic heterocycles. The first-order chi connectivity index (χ1) is 14.6. The summed E-state index contributed by atoms with van der Waals surface area (Å²) < 4.78 is 28.5. The van der Waals surface area contributed by atoms with Crippen LogP contribution in [0.5, 0.6) is 0 Å². The van der Waals surface area contributed by atoms with Gasteiger partial charge in [-0.25, -0.2) is 13.1 Å². The van der Waals surface area contributed by atoms with E-state index in [-0.39, 0.29) is 10.8 Å². The number of nitrogens with one attached hydrogen (secondary N) is 2. The number of sulfonamides is 1. The number of benzene rings is 3. The molecule has 0 saturated carbocycles. The van der Waals surface area contributed by atoms with E-state index in [0.717, 1.165) is 11.1 Å². The lowest BCUT2D eigenvalue weighted by molar-refractivity contribution is -0.116. The van der Waals surface area contributed by atoms with Gasteiger partial charge in [0.2, 0.25) is 15.9 Å². The molecule has 5 nitrogen and oxygen atoms in total. The molecule has 1 amide bonds. The van der Waals surface area contributed by atoms with Gasteiger partial charge in [0.25, 0.3) is 0 Å². The lowest BCUT2D eigenvalue weighted by Gasteiger charge is -2.21. The van der Waals surface area contributed by atoms with Crippen molar-refractivity contribution in [2.24, 2.45) is 0 Å². The molecule has 162 valence electrons. The van der Waals surface area contributed by atoms with Crippen molar-refractivity contribution >= 4 is 21.6 Å². The molecular weight excluding hydrogens is 408 g/mol. The second-order valence-corrected chi connectivity index (χ2v) is 10.1. The highest BCUT2D eigenvalue weighted by Crippen LogP contribution is 2.29. The van der Waals surface area contributed by atoms with E-state index in [1.165, 1.54) is 0 Å². The largest absolute Gasteiger partial charge is 0.326 e. The fourth-order valence-electron chi connectivity index (χ4n) is 3.26. The zero-order valence-corrected chi connectivity index (χ0v) is 18.9. The maximum Gasteiger partial charge on any atom is 0.241 e. The lowest BCUT2D eigenvalue weighted by Crippen LogP contribution is -2.40. The number of carbonyl (C=O) groups excluding carboxylic acids is 1. The Morgan fingerprint density at radius 2 is 1.45 bits per heavy atom. The first kappa shape index (κ1) is 22.7. The summed E-state index contributed by atoms with van der Waals surface area (Å²) in [5.74, 6) is -0.0611. The van der Waals surface area contributed by atoms with E-state index in [2.05, 4.69) is 10.0 Å². The summed E-state index contributed by atoms with van der Waals surface area (Å²) in [4.78, 5) is 12.5. The van der Waals surface area contributed by atoms with Crippen LogP contribution in [0.3, 0.4) is 0 Å². The summed E-state index contributed by atoms with van der Waals surface area (Å²) in [5, 5.41) is 2.90. The highest BCUT2D eigenvalue weighted by Gasteiger charge is 2.24. The quantitative estimate of drug-likeness (QED) is 0.547. The van der Waals surface area contributed by atoms with Crippen LogP contribution in [-0.4, -0.2) is 19.9 Å². The van der Waals surface area contributed by atoms with Gasteiger partial charge in [-0.1, -0.05) is 60.7 Å². The van der Waals surface area contributed by atoms with Crippen LogP contribution in [0.25, 0.3) is 11.1 Å². The standard InChI is InChI=1S/C25H28N2O3S/c1-25(2,3)27-31(29,30)23-12-8-7-11-22(23)20-14-16-21(17-15-20)26-24(28)18-13-19-9-5-4-6-10-19/h4-12,14-17,27H,13,18H2,1-3H3,(H,26,28). The summed E-state index contributed by atoms with van der Waals surface area (Å²) in [5.41, 5.74) is 2.59. The van der Waals surface area contributed by atoms with Gasteiger partial charge < -0.3 is 5.32 Å². The highest BCUT2D eigenvalue weighted by atomic mass is 32.2. The van der Waals surface area contributed by atoms with E-state index < -0.39 is 15.6 Å². The lowest BCUT2D eigenvalue weighted by atomic mass is 10.1. The van der Waals surface area contributed by atoms with Gasteiger partial charge in [-0.3, -0.25) is 4.79 Å². The zero-order chi connectivity index (χ0) is 22.5. The van der Waals surface area contributed by atoms with Gasteiger partial charge in [-0.05, 0) is 56.5 Å². The average molecular weight is 437 g/mol. The Kier molecular flexibility index (Phi) is 6.93. The fraction of sp³-hybridized carbons (Fsp3) is 0.240. The third kappa shape index (κ3) is 6.51. The smallest absolute Gasteiger partial charge is 0.241 e. The van der Waals surface area contributed by atoms with Gasteiger partial charge in [0.05, 0.1) is 4.90 Å². The zero-order valence-electron chi connectivity index (χ0n) is 18.1. The van der Waals surface area contributed by atoms with Crippen molar-refractivity contribution in [3.63, 3.8) is 0 Å². The number of rotatable bonds is 7. The first-order valence-electron chi connectivity index (χ1n) is 10.2. The van der Waals surface area contributed by atoms with E-state index in [1.807, 2.05) is 69.3 Å². The molecule has 31 heavy (non-hydrogen) atoms. The maximum atomic E-state index is 12.9. The number of carbonyl (C=O) groups is 1. The minimum Gasteiger partial charge on any atom is -0.326 e. The van der Waals surface area contributed by atoms with Gasteiger partial charge in [0.1, 0.15) is 0 Å². The fourth-order valence-corrected chi connectivity index (χ4v) is 4.91. The Morgan fingerprint density at radius 1 is 0.839 bits per heavy atom. The molecule has 0 unspecified atom stereocenters. The molecule has 0 fully saturated rings. The number of anilines is 1. The van der Waals surface area contributed by atoms with Gasteiger partial charge in [0.15, 0.2) is 0 Å². The van der Waals surface area contributed by atoms with Crippen molar-refractivity contribution in [2.75, 3.05) is 5.32 Å². The molecule has 3 aromatic rings. The molecule has 3 rings (SSSR count). The summed E-state index contributed by atoms with van der Waals surface area (Å²) in [7, 11) is -3.68. The third-order valence-electron chi connectivity index (χ3n) is 4.58. The Bertz CT molecular complexity index is 1130. The first-order valence-corrected chi connectivity index (χ1v) is 11.7. The van der Waals surface area contributed by atoms with Crippen LogP contribution in [-0.2, 0) is 21.2 Å². The molecule has 0 atom stereocenters. The summed E-state index contributed by atoms with van der Waals surface area (Å²) >= 11 is 0. The van der Waals surface area contributed by atoms with E-state index >= 15 is 0 Å². The highest BCUT2D eigenvalue weighted by molar-refractivity contribution is 7.89. The maximum absolute atomic E-state index is 12.9.